The number of furan rings is 1. The van der Waals surface area contributed by atoms with Crippen LogP contribution in [0, 0.1) is 6.92 Å². The van der Waals surface area contributed by atoms with E-state index in [4.69, 9.17) is 9.15 Å². The van der Waals surface area contributed by atoms with Gasteiger partial charge in [-0.15, -0.1) is 5.10 Å². The molecule has 194 valence electrons. The fourth-order valence-corrected chi connectivity index (χ4v) is 5.22. The van der Waals surface area contributed by atoms with Crippen LogP contribution < -0.4 is 5.56 Å². The molecule has 9 heteroatoms. The highest BCUT2D eigenvalue weighted by molar-refractivity contribution is 5.79. The molecule has 3 aromatic heterocycles. The van der Waals surface area contributed by atoms with Crippen molar-refractivity contribution < 1.29 is 9.15 Å². The van der Waals surface area contributed by atoms with E-state index in [1.165, 1.54) is 0 Å². The number of pyridine rings is 1. The van der Waals surface area contributed by atoms with E-state index in [1.54, 1.807) is 10.9 Å². The molecule has 0 aliphatic carbocycles. The lowest BCUT2D eigenvalue weighted by Crippen LogP contribution is -2.35. The number of aromatic nitrogens is 5. The molecule has 0 bridgehead atoms. The molecule has 1 aliphatic rings. The second kappa shape index (κ2) is 10.7. The van der Waals surface area contributed by atoms with E-state index in [0.717, 1.165) is 47.2 Å². The molecule has 38 heavy (non-hydrogen) atoms. The molecule has 1 N–H and O–H groups in total. The van der Waals surface area contributed by atoms with E-state index < -0.39 is 6.04 Å². The first kappa shape index (κ1) is 24.3. The van der Waals surface area contributed by atoms with Crippen molar-refractivity contribution in [3.05, 3.63) is 112 Å². The highest BCUT2D eigenvalue weighted by atomic mass is 16.5. The van der Waals surface area contributed by atoms with E-state index in [9.17, 15) is 4.79 Å². The number of aryl methyl sites for hydroxylation is 1. The number of hydrogen-bond acceptors (Lipinski definition) is 7. The molecule has 9 nitrogen and oxygen atoms in total. The van der Waals surface area contributed by atoms with Gasteiger partial charge >= 0.3 is 0 Å². The summed E-state index contributed by atoms with van der Waals surface area (Å²) in [5.74, 6) is 1.39. The molecule has 4 heterocycles. The molecule has 2 aromatic carbocycles. The predicted octanol–water partition coefficient (Wildman–Crippen LogP) is 4.39. The van der Waals surface area contributed by atoms with Gasteiger partial charge in [-0.1, -0.05) is 42.0 Å². The van der Waals surface area contributed by atoms with Gasteiger partial charge in [0.1, 0.15) is 11.8 Å². The minimum absolute atomic E-state index is 0.0445. The lowest BCUT2D eigenvalue weighted by atomic mass is 10.0. The first-order chi connectivity index (χ1) is 18.6. The molecule has 5 aromatic rings. The number of ether oxygens (including phenoxy) is 1. The van der Waals surface area contributed by atoms with Gasteiger partial charge in [0, 0.05) is 24.2 Å². The molecule has 1 fully saturated rings. The number of benzene rings is 2. The van der Waals surface area contributed by atoms with Gasteiger partial charge < -0.3 is 14.1 Å². The van der Waals surface area contributed by atoms with Gasteiger partial charge in [0.25, 0.3) is 5.56 Å². The van der Waals surface area contributed by atoms with Gasteiger partial charge in [0.2, 0.25) is 0 Å². The Morgan fingerprint density at radius 2 is 2.00 bits per heavy atom. The van der Waals surface area contributed by atoms with Gasteiger partial charge in [0.05, 0.1) is 25.5 Å². The minimum atomic E-state index is -0.537. The number of fused-ring (bicyclic) bond motifs is 1. The van der Waals surface area contributed by atoms with Crippen LogP contribution in [-0.2, 0) is 24.4 Å². The summed E-state index contributed by atoms with van der Waals surface area (Å²) in [7, 11) is 0. The number of nitrogens with one attached hydrogen (secondary N) is 1. The van der Waals surface area contributed by atoms with Gasteiger partial charge in [-0.2, -0.15) is 0 Å². The summed E-state index contributed by atoms with van der Waals surface area (Å²) >= 11 is 0. The number of tetrazole rings is 1. The van der Waals surface area contributed by atoms with Crippen LogP contribution in [0.3, 0.4) is 0 Å². The first-order valence-corrected chi connectivity index (χ1v) is 13.0. The van der Waals surface area contributed by atoms with Crippen LogP contribution in [-0.4, -0.2) is 42.8 Å². The maximum absolute atomic E-state index is 13.7. The number of rotatable bonds is 9. The third kappa shape index (κ3) is 5.16. The van der Waals surface area contributed by atoms with Gasteiger partial charge in [-0.05, 0) is 71.5 Å². The van der Waals surface area contributed by atoms with Crippen LogP contribution >= 0.6 is 0 Å². The molecule has 0 spiro atoms. The average Bonchev–Trinajstić information content (AvgIpc) is 3.70. The fraction of sp³-hybridized carbons (Fsp3) is 0.310. The number of H-pyrrole nitrogens is 1. The number of nitrogens with zero attached hydrogens (tertiary/aromatic N) is 5. The maximum atomic E-state index is 13.7. The van der Waals surface area contributed by atoms with E-state index in [0.29, 0.717) is 31.0 Å². The molecule has 0 saturated carbocycles. The zero-order valence-electron chi connectivity index (χ0n) is 21.3. The highest BCUT2D eigenvalue weighted by Crippen LogP contribution is 2.31. The van der Waals surface area contributed by atoms with Crippen LogP contribution in [0.15, 0.2) is 82.2 Å². The molecule has 1 aliphatic heterocycles. The standard InChI is InChI=1S/C29H30N6O3/c1-20-11-12-26-22(15-20)16-25(29(36)30-26)27(28-31-32-33-35(28)19-24-10-6-14-38-24)34(18-23-9-5-13-37-23)17-21-7-3-2-4-8-21/h2-5,7-9,11-13,15-16,24,27H,6,10,14,17-19H2,1H3,(H,30,36)/t24-,27-/m0/s1. The highest BCUT2D eigenvalue weighted by Gasteiger charge is 2.32. The first-order valence-electron chi connectivity index (χ1n) is 13.0. The summed E-state index contributed by atoms with van der Waals surface area (Å²) in [5.41, 5.74) is 3.43. The second-order valence-corrected chi connectivity index (χ2v) is 9.87. The van der Waals surface area contributed by atoms with E-state index >= 15 is 0 Å². The molecule has 6 rings (SSSR count). The van der Waals surface area contributed by atoms with Crippen molar-refractivity contribution in [3.63, 3.8) is 0 Å². The summed E-state index contributed by atoms with van der Waals surface area (Å²) in [6.45, 7) is 4.34. The van der Waals surface area contributed by atoms with Gasteiger partial charge in [0.15, 0.2) is 5.82 Å². The Bertz CT molecular complexity index is 1550. The summed E-state index contributed by atoms with van der Waals surface area (Å²) in [6, 6.07) is 21.5. The summed E-state index contributed by atoms with van der Waals surface area (Å²) in [6.07, 6.45) is 3.69. The van der Waals surface area contributed by atoms with E-state index in [1.807, 2.05) is 55.5 Å². The molecule has 0 unspecified atom stereocenters. The number of hydrogen-bond donors (Lipinski definition) is 1. The molecule has 1 saturated heterocycles. The largest absolute Gasteiger partial charge is 0.468 e. The Morgan fingerprint density at radius 3 is 2.79 bits per heavy atom. The molecule has 0 radical (unpaired) electrons. The van der Waals surface area contributed by atoms with Crippen molar-refractivity contribution in [2.75, 3.05) is 6.61 Å². The van der Waals surface area contributed by atoms with Crippen molar-refractivity contribution in [1.82, 2.24) is 30.1 Å². The smallest absolute Gasteiger partial charge is 0.253 e. The van der Waals surface area contributed by atoms with Crippen molar-refractivity contribution in [2.24, 2.45) is 0 Å². The second-order valence-electron chi connectivity index (χ2n) is 9.87. The van der Waals surface area contributed by atoms with Crippen molar-refractivity contribution in [3.8, 4) is 0 Å². The monoisotopic (exact) mass is 510 g/mol. The topological polar surface area (TPSA) is 102 Å². The minimum Gasteiger partial charge on any atom is -0.468 e. The van der Waals surface area contributed by atoms with Crippen LogP contribution in [0.1, 0.15) is 47.2 Å². The lowest BCUT2D eigenvalue weighted by molar-refractivity contribution is 0.0901. The predicted molar refractivity (Wildman–Crippen MR) is 142 cm³/mol. The Balaban J connectivity index is 1.50. The van der Waals surface area contributed by atoms with Crippen LogP contribution in [0.2, 0.25) is 0 Å². The SMILES string of the molecule is Cc1ccc2[nH]c(=O)c([C@@H](c3nnnn3C[C@@H]3CCCO3)N(Cc3ccccc3)Cc3ccco3)cc2c1. The van der Waals surface area contributed by atoms with Crippen molar-refractivity contribution in [2.45, 2.75) is 51.5 Å². The third-order valence-electron chi connectivity index (χ3n) is 7.06. The molecule has 2 atom stereocenters. The van der Waals surface area contributed by atoms with Gasteiger partial charge in [-0.3, -0.25) is 9.69 Å². The lowest BCUT2D eigenvalue weighted by Gasteiger charge is -2.30. The van der Waals surface area contributed by atoms with Crippen molar-refractivity contribution in [1.29, 1.82) is 0 Å². The summed E-state index contributed by atoms with van der Waals surface area (Å²) in [4.78, 5) is 18.9. The zero-order chi connectivity index (χ0) is 25.9. The quantitative estimate of drug-likeness (QED) is 0.314. The Hall–Kier alpha value is -4.08. The number of aromatic amines is 1. The Kier molecular flexibility index (Phi) is 6.85. The summed E-state index contributed by atoms with van der Waals surface area (Å²) in [5, 5.41) is 13.8. The zero-order valence-corrected chi connectivity index (χ0v) is 21.3. The van der Waals surface area contributed by atoms with Crippen LogP contribution in [0.4, 0.5) is 0 Å². The molecule has 0 amide bonds. The average molecular weight is 511 g/mol. The third-order valence-corrected chi connectivity index (χ3v) is 7.06. The van der Waals surface area contributed by atoms with Crippen LogP contribution in [0.25, 0.3) is 10.9 Å². The molecular weight excluding hydrogens is 480 g/mol. The van der Waals surface area contributed by atoms with Crippen LogP contribution in [0.5, 0.6) is 0 Å². The van der Waals surface area contributed by atoms with E-state index in [2.05, 4.69) is 43.6 Å². The van der Waals surface area contributed by atoms with Gasteiger partial charge in [-0.25, -0.2) is 4.68 Å². The Labute approximate surface area is 220 Å². The Morgan fingerprint density at radius 1 is 1.11 bits per heavy atom. The normalized spacial score (nSPS) is 16.4. The molecular formula is C29H30N6O3. The fourth-order valence-electron chi connectivity index (χ4n) is 5.22. The maximum Gasteiger partial charge on any atom is 0.253 e. The summed E-state index contributed by atoms with van der Waals surface area (Å²) < 4.78 is 13.4. The van der Waals surface area contributed by atoms with E-state index in [-0.39, 0.29) is 11.7 Å². The van der Waals surface area contributed by atoms with Crippen molar-refractivity contribution >= 4 is 10.9 Å².